The Bertz CT molecular complexity index is 446. The molecule has 1 heterocycles. The highest BCUT2D eigenvalue weighted by Crippen LogP contribution is 2.04. The van der Waals surface area contributed by atoms with Crippen LogP contribution in [0.5, 0.6) is 0 Å². The topological polar surface area (TPSA) is 66.2 Å². The number of nitrogens with zero attached hydrogens (tertiary/aromatic N) is 3. The summed E-state index contributed by atoms with van der Waals surface area (Å²) in [7, 11) is 0. The van der Waals surface area contributed by atoms with Gasteiger partial charge >= 0.3 is 0 Å². The maximum atomic E-state index is 11.4. The van der Waals surface area contributed by atoms with Gasteiger partial charge in [-0.2, -0.15) is 0 Å². The van der Waals surface area contributed by atoms with Crippen LogP contribution in [0.25, 0.3) is 0 Å². The average molecular weight is 339 g/mol. The van der Waals surface area contributed by atoms with E-state index in [0.717, 1.165) is 18.7 Å². The zero-order valence-electron chi connectivity index (χ0n) is 15.5. The number of Topliss-reactive ketones (excluding diaryl/α,β-unsaturated/α-hetero) is 1. The number of unbranched alkanes of at least 4 members (excludes halogenated alkanes) is 4. The predicted molar refractivity (Wildman–Crippen MR) is 93.7 cm³/mol. The summed E-state index contributed by atoms with van der Waals surface area (Å²) in [5.41, 5.74) is 0.846. The van der Waals surface area contributed by atoms with Gasteiger partial charge in [0, 0.05) is 18.9 Å². The number of aryl methyl sites for hydroxylation is 1. The Kier molecular flexibility index (Phi) is 11.3. The van der Waals surface area contributed by atoms with E-state index in [1.165, 1.54) is 25.7 Å². The zero-order valence-corrected chi connectivity index (χ0v) is 15.5. The van der Waals surface area contributed by atoms with E-state index in [1.54, 1.807) is 0 Å². The summed E-state index contributed by atoms with van der Waals surface area (Å²) in [5.74, 6) is 0.321. The molecule has 1 rings (SSSR count). The number of ether oxygens (including phenoxy) is 2. The number of ketones is 1. The van der Waals surface area contributed by atoms with Gasteiger partial charge < -0.3 is 9.47 Å². The minimum absolute atomic E-state index is 0.0825. The van der Waals surface area contributed by atoms with Gasteiger partial charge in [0.05, 0.1) is 32.6 Å². The molecule has 0 aromatic carbocycles. The van der Waals surface area contributed by atoms with Crippen LogP contribution in [0.2, 0.25) is 0 Å². The maximum Gasteiger partial charge on any atom is 0.137 e. The Balaban J connectivity index is 2.00. The van der Waals surface area contributed by atoms with Crippen molar-refractivity contribution in [2.45, 2.75) is 72.4 Å². The highest BCUT2D eigenvalue weighted by molar-refractivity contribution is 5.80. The smallest absolute Gasteiger partial charge is 0.137 e. The number of hydrogen-bond donors (Lipinski definition) is 0. The summed E-state index contributed by atoms with van der Waals surface area (Å²) in [6, 6.07) is 0. The molecule has 138 valence electrons. The molecular formula is C18H33N3O3. The second-order valence-electron chi connectivity index (χ2n) is 6.42. The summed E-state index contributed by atoms with van der Waals surface area (Å²) in [5, 5.41) is 8.23. The number of carbonyl (C=O) groups excluding carboxylic acids is 1. The molecule has 24 heavy (non-hydrogen) atoms. The molecule has 0 aliphatic rings. The maximum absolute atomic E-state index is 11.4. The first kappa shape index (κ1) is 20.8. The van der Waals surface area contributed by atoms with Gasteiger partial charge in [-0.05, 0) is 6.42 Å². The molecule has 0 unspecified atom stereocenters. The van der Waals surface area contributed by atoms with Crippen molar-refractivity contribution in [3.63, 3.8) is 0 Å². The van der Waals surface area contributed by atoms with Crippen LogP contribution in [0.4, 0.5) is 0 Å². The van der Waals surface area contributed by atoms with E-state index in [9.17, 15) is 4.79 Å². The average Bonchev–Trinajstić information content (AvgIpc) is 3.01. The lowest BCUT2D eigenvalue weighted by Crippen LogP contribution is -2.12. The van der Waals surface area contributed by atoms with Crippen LogP contribution in [0.15, 0.2) is 6.20 Å². The van der Waals surface area contributed by atoms with Crippen LogP contribution in [-0.2, 0) is 27.4 Å². The van der Waals surface area contributed by atoms with E-state index in [0.29, 0.717) is 32.8 Å². The molecule has 0 amide bonds. The molecule has 0 aliphatic heterocycles. The van der Waals surface area contributed by atoms with Crippen molar-refractivity contribution in [3.8, 4) is 0 Å². The van der Waals surface area contributed by atoms with Gasteiger partial charge in [0.2, 0.25) is 0 Å². The minimum atomic E-state index is 0.0825. The van der Waals surface area contributed by atoms with Crippen LogP contribution in [0.1, 0.15) is 65.0 Å². The highest BCUT2D eigenvalue weighted by Gasteiger charge is 2.06. The third kappa shape index (κ3) is 9.78. The molecule has 0 N–H and O–H groups in total. The summed E-state index contributed by atoms with van der Waals surface area (Å²) < 4.78 is 12.8. The van der Waals surface area contributed by atoms with Crippen LogP contribution < -0.4 is 0 Å². The lowest BCUT2D eigenvalue weighted by Gasteiger charge is -2.06. The van der Waals surface area contributed by atoms with Crippen molar-refractivity contribution in [2.75, 3.05) is 19.8 Å². The summed E-state index contributed by atoms with van der Waals surface area (Å²) in [6.45, 7) is 8.87. The van der Waals surface area contributed by atoms with Crippen molar-refractivity contribution < 1.29 is 14.3 Å². The molecular weight excluding hydrogens is 306 g/mol. The third-order valence-corrected chi connectivity index (χ3v) is 3.84. The molecule has 6 nitrogen and oxygen atoms in total. The van der Waals surface area contributed by atoms with Gasteiger partial charge in [0.25, 0.3) is 0 Å². The molecule has 0 fully saturated rings. The first-order valence-corrected chi connectivity index (χ1v) is 9.20. The fourth-order valence-corrected chi connectivity index (χ4v) is 2.25. The van der Waals surface area contributed by atoms with Gasteiger partial charge in [-0.25, -0.2) is 0 Å². The molecule has 0 saturated heterocycles. The second-order valence-corrected chi connectivity index (χ2v) is 6.42. The highest BCUT2D eigenvalue weighted by atomic mass is 16.5. The lowest BCUT2D eigenvalue weighted by molar-refractivity contribution is -0.123. The summed E-state index contributed by atoms with van der Waals surface area (Å²) >= 11 is 0. The monoisotopic (exact) mass is 339 g/mol. The van der Waals surface area contributed by atoms with Crippen molar-refractivity contribution in [1.82, 2.24) is 15.0 Å². The molecule has 1 aromatic rings. The normalized spacial score (nSPS) is 11.3. The van der Waals surface area contributed by atoms with E-state index >= 15 is 0 Å². The standard InChI is InChI=1S/C18H33N3O3/c1-4-5-6-7-8-10-21-14-17(19-20-21)15-24-13-12-23-11-9-18(22)16(2)3/h14,16H,4-13,15H2,1-3H3. The first-order valence-electron chi connectivity index (χ1n) is 9.20. The second kappa shape index (κ2) is 13.1. The fourth-order valence-electron chi connectivity index (χ4n) is 2.25. The van der Waals surface area contributed by atoms with Crippen molar-refractivity contribution >= 4 is 5.78 Å². The van der Waals surface area contributed by atoms with E-state index in [1.807, 2.05) is 24.7 Å². The minimum Gasteiger partial charge on any atom is -0.379 e. The summed E-state index contributed by atoms with van der Waals surface area (Å²) in [6.07, 6.45) is 8.69. The number of rotatable bonds is 15. The van der Waals surface area contributed by atoms with Crippen molar-refractivity contribution in [3.05, 3.63) is 11.9 Å². The van der Waals surface area contributed by atoms with Crippen molar-refractivity contribution in [1.29, 1.82) is 0 Å². The first-order chi connectivity index (χ1) is 11.6. The van der Waals surface area contributed by atoms with Crippen LogP contribution in [-0.4, -0.2) is 40.6 Å². The molecule has 1 aromatic heterocycles. The number of aromatic nitrogens is 3. The Labute approximate surface area is 145 Å². The largest absolute Gasteiger partial charge is 0.379 e. The van der Waals surface area contributed by atoms with E-state index < -0.39 is 0 Å². The molecule has 0 radical (unpaired) electrons. The Morgan fingerprint density at radius 2 is 1.88 bits per heavy atom. The van der Waals surface area contributed by atoms with Crippen LogP contribution in [0.3, 0.4) is 0 Å². The van der Waals surface area contributed by atoms with E-state index in [4.69, 9.17) is 9.47 Å². The molecule has 0 saturated carbocycles. The summed E-state index contributed by atoms with van der Waals surface area (Å²) in [4.78, 5) is 11.4. The van der Waals surface area contributed by atoms with Gasteiger partial charge in [-0.1, -0.05) is 51.7 Å². The molecule has 6 heteroatoms. The molecule has 0 aliphatic carbocycles. The third-order valence-electron chi connectivity index (χ3n) is 3.84. The zero-order chi connectivity index (χ0) is 17.6. The lowest BCUT2D eigenvalue weighted by atomic mass is 10.1. The predicted octanol–water partition coefficient (Wildman–Crippen LogP) is 3.40. The van der Waals surface area contributed by atoms with Gasteiger partial charge in [0.1, 0.15) is 11.5 Å². The number of hydrogen-bond acceptors (Lipinski definition) is 5. The quantitative estimate of drug-likeness (QED) is 0.458. The van der Waals surface area contributed by atoms with Gasteiger partial charge in [-0.3, -0.25) is 9.48 Å². The Hall–Kier alpha value is -1.27. The Morgan fingerprint density at radius 3 is 2.62 bits per heavy atom. The van der Waals surface area contributed by atoms with Crippen LogP contribution >= 0.6 is 0 Å². The molecule has 0 bridgehead atoms. The molecule has 0 atom stereocenters. The van der Waals surface area contributed by atoms with E-state index in [2.05, 4.69) is 17.2 Å². The number of carbonyl (C=O) groups is 1. The van der Waals surface area contributed by atoms with Crippen LogP contribution in [0, 0.1) is 5.92 Å². The Morgan fingerprint density at radius 1 is 1.12 bits per heavy atom. The van der Waals surface area contributed by atoms with Gasteiger partial charge in [0.15, 0.2) is 0 Å². The SMILES string of the molecule is CCCCCCCn1cc(COCCOCCC(=O)C(C)C)nn1. The van der Waals surface area contributed by atoms with Crippen molar-refractivity contribution in [2.24, 2.45) is 5.92 Å². The van der Waals surface area contributed by atoms with E-state index in [-0.39, 0.29) is 11.7 Å². The van der Waals surface area contributed by atoms with Gasteiger partial charge in [-0.15, -0.1) is 5.10 Å². The molecule has 0 spiro atoms. The fraction of sp³-hybridized carbons (Fsp3) is 0.833.